The third-order valence-corrected chi connectivity index (χ3v) is 6.62. The molecule has 9 heteroatoms. The van der Waals surface area contributed by atoms with Gasteiger partial charge in [0.2, 0.25) is 5.95 Å². The van der Waals surface area contributed by atoms with Gasteiger partial charge in [0.25, 0.3) is 0 Å². The molecule has 1 fully saturated rings. The number of nitrogens with one attached hydrogen (secondary N) is 3. The summed E-state index contributed by atoms with van der Waals surface area (Å²) in [5.41, 5.74) is 3.15. The number of anilines is 3. The third-order valence-electron chi connectivity index (χ3n) is 6.62. The van der Waals surface area contributed by atoms with Crippen molar-refractivity contribution in [1.82, 2.24) is 15.3 Å². The zero-order chi connectivity index (χ0) is 24.1. The van der Waals surface area contributed by atoms with E-state index in [1.165, 1.54) is 24.1 Å². The quantitative estimate of drug-likeness (QED) is 0.565. The smallest absolute Gasteiger partial charge is 0.319 e. The van der Waals surface area contributed by atoms with Gasteiger partial charge in [0.05, 0.1) is 19.9 Å². The molecular formula is C25H36N6O3. The summed E-state index contributed by atoms with van der Waals surface area (Å²) in [5.74, 6) is 2.97. The number of ether oxygens (including phenoxy) is 2. The molecule has 0 atom stereocenters. The fourth-order valence-corrected chi connectivity index (χ4v) is 4.84. The summed E-state index contributed by atoms with van der Waals surface area (Å²) in [6, 6.07) is 5.55. The van der Waals surface area contributed by atoms with Crippen LogP contribution in [0.3, 0.4) is 0 Å². The van der Waals surface area contributed by atoms with E-state index in [-0.39, 0.29) is 12.1 Å². The highest BCUT2D eigenvalue weighted by Gasteiger charge is 2.25. The van der Waals surface area contributed by atoms with Crippen LogP contribution in [0.2, 0.25) is 0 Å². The maximum Gasteiger partial charge on any atom is 0.319 e. The van der Waals surface area contributed by atoms with E-state index in [1.807, 2.05) is 14.1 Å². The van der Waals surface area contributed by atoms with Crippen LogP contribution in [0.25, 0.3) is 0 Å². The van der Waals surface area contributed by atoms with Gasteiger partial charge in [0.15, 0.2) is 11.5 Å². The Morgan fingerprint density at radius 2 is 1.68 bits per heavy atom. The first-order chi connectivity index (χ1) is 16.5. The molecule has 3 N–H and O–H groups in total. The predicted octanol–water partition coefficient (Wildman–Crippen LogP) is 3.98. The fourth-order valence-electron chi connectivity index (χ4n) is 4.84. The van der Waals surface area contributed by atoms with Crippen molar-refractivity contribution >= 4 is 23.5 Å². The Bertz CT molecular complexity index is 1000. The average Bonchev–Trinajstić information content (AvgIpc) is 2.84. The molecule has 2 aromatic rings. The number of hydrogen-bond donors (Lipinski definition) is 3. The third kappa shape index (κ3) is 5.63. The molecule has 2 aliphatic carbocycles. The van der Waals surface area contributed by atoms with Gasteiger partial charge in [0.1, 0.15) is 5.82 Å². The minimum atomic E-state index is -0.211. The van der Waals surface area contributed by atoms with E-state index >= 15 is 0 Å². The molecule has 1 heterocycles. The Balaban J connectivity index is 1.29. The molecule has 0 bridgehead atoms. The lowest BCUT2D eigenvalue weighted by atomic mass is 9.91. The lowest BCUT2D eigenvalue weighted by Crippen LogP contribution is -2.42. The molecule has 184 valence electrons. The molecule has 0 radical (unpaired) electrons. The molecule has 0 spiro atoms. The molecule has 0 aliphatic heterocycles. The number of nitrogens with zero attached hydrogens (tertiary/aromatic N) is 3. The van der Waals surface area contributed by atoms with Gasteiger partial charge >= 0.3 is 6.03 Å². The normalized spacial score (nSPS) is 19.5. The van der Waals surface area contributed by atoms with Gasteiger partial charge < -0.3 is 30.3 Å². The first kappa shape index (κ1) is 23.9. The fraction of sp³-hybridized carbons (Fsp3) is 0.560. The lowest BCUT2D eigenvalue weighted by molar-refractivity contribution is 0.243. The van der Waals surface area contributed by atoms with Crippen molar-refractivity contribution in [3.63, 3.8) is 0 Å². The van der Waals surface area contributed by atoms with E-state index in [1.54, 1.807) is 32.4 Å². The van der Waals surface area contributed by atoms with E-state index in [2.05, 4.69) is 20.9 Å². The maximum absolute atomic E-state index is 12.5. The van der Waals surface area contributed by atoms with E-state index in [9.17, 15) is 4.79 Å². The molecule has 2 amide bonds. The number of aryl methyl sites for hydroxylation is 1. The van der Waals surface area contributed by atoms with Crippen LogP contribution in [0.1, 0.15) is 49.8 Å². The summed E-state index contributed by atoms with van der Waals surface area (Å²) in [4.78, 5) is 24.3. The molecular weight excluding hydrogens is 432 g/mol. The van der Waals surface area contributed by atoms with Crippen LogP contribution in [0.4, 0.5) is 22.2 Å². The minimum Gasteiger partial charge on any atom is -0.493 e. The number of aromatic nitrogens is 2. The van der Waals surface area contributed by atoms with Crippen LogP contribution in [0.5, 0.6) is 11.5 Å². The summed E-state index contributed by atoms with van der Waals surface area (Å²) < 4.78 is 10.5. The van der Waals surface area contributed by atoms with Crippen molar-refractivity contribution in [1.29, 1.82) is 0 Å². The van der Waals surface area contributed by atoms with Crippen LogP contribution in [-0.4, -0.2) is 56.4 Å². The molecule has 4 rings (SSSR count). The van der Waals surface area contributed by atoms with Crippen LogP contribution >= 0.6 is 0 Å². The van der Waals surface area contributed by atoms with Gasteiger partial charge in [-0.15, -0.1) is 0 Å². The molecule has 34 heavy (non-hydrogen) atoms. The average molecular weight is 469 g/mol. The van der Waals surface area contributed by atoms with E-state index < -0.39 is 0 Å². The Morgan fingerprint density at radius 3 is 2.38 bits per heavy atom. The molecule has 0 saturated heterocycles. The largest absolute Gasteiger partial charge is 0.493 e. The summed E-state index contributed by atoms with van der Waals surface area (Å²) in [6.07, 6.45) is 8.21. The van der Waals surface area contributed by atoms with Gasteiger partial charge in [-0.2, -0.15) is 4.98 Å². The summed E-state index contributed by atoms with van der Waals surface area (Å²) in [7, 11) is 7.25. The van der Waals surface area contributed by atoms with Crippen molar-refractivity contribution in [2.24, 2.45) is 0 Å². The number of hydrogen-bond acceptors (Lipinski definition) is 7. The number of urea groups is 1. The Kier molecular flexibility index (Phi) is 7.59. The van der Waals surface area contributed by atoms with Crippen molar-refractivity contribution in [2.75, 3.05) is 43.8 Å². The van der Waals surface area contributed by atoms with Crippen molar-refractivity contribution in [3.8, 4) is 11.5 Å². The van der Waals surface area contributed by atoms with Crippen LogP contribution in [-0.2, 0) is 12.8 Å². The second kappa shape index (κ2) is 10.8. The molecule has 9 nitrogen and oxygen atoms in total. The zero-order valence-electron chi connectivity index (χ0n) is 20.6. The van der Waals surface area contributed by atoms with Gasteiger partial charge in [-0.25, -0.2) is 9.78 Å². The topological polar surface area (TPSA) is 101 Å². The number of carbonyl (C=O) groups excluding carboxylic acids is 1. The number of rotatable bonds is 7. The summed E-state index contributed by atoms with van der Waals surface area (Å²) in [5, 5.41) is 9.54. The number of methoxy groups -OCH3 is 2. The standard InChI is InChI=1S/C25H36N6O3/c1-31(2)23-19-7-5-6-8-20(19)29-24(30-23)26-16-9-11-17(12-10-16)27-25(32)28-18-13-14-21(33-3)22(15-18)34-4/h13-17H,5-12H2,1-4H3,(H,26,29,30)(H2,27,28,32). The number of amides is 2. The number of carbonyl (C=O) groups is 1. The van der Waals surface area contributed by atoms with E-state index in [4.69, 9.17) is 19.4 Å². The second-order valence-electron chi connectivity index (χ2n) is 9.26. The molecule has 0 unspecified atom stereocenters. The highest BCUT2D eigenvalue weighted by atomic mass is 16.5. The highest BCUT2D eigenvalue weighted by molar-refractivity contribution is 5.89. The van der Waals surface area contributed by atoms with E-state index in [0.29, 0.717) is 23.2 Å². The molecule has 1 aromatic heterocycles. The van der Waals surface area contributed by atoms with Crippen molar-refractivity contribution < 1.29 is 14.3 Å². The Labute approximate surface area is 201 Å². The van der Waals surface area contributed by atoms with Crippen LogP contribution in [0, 0.1) is 0 Å². The van der Waals surface area contributed by atoms with Gasteiger partial charge in [-0.3, -0.25) is 0 Å². The van der Waals surface area contributed by atoms with Crippen molar-refractivity contribution in [2.45, 2.75) is 63.5 Å². The van der Waals surface area contributed by atoms with Crippen molar-refractivity contribution in [3.05, 3.63) is 29.5 Å². The highest BCUT2D eigenvalue weighted by Crippen LogP contribution is 2.31. The zero-order valence-corrected chi connectivity index (χ0v) is 20.6. The van der Waals surface area contributed by atoms with Gasteiger partial charge in [0, 0.05) is 43.5 Å². The van der Waals surface area contributed by atoms with E-state index in [0.717, 1.165) is 50.3 Å². The monoisotopic (exact) mass is 468 g/mol. The second-order valence-corrected chi connectivity index (χ2v) is 9.26. The van der Waals surface area contributed by atoms with Gasteiger partial charge in [-0.05, 0) is 63.5 Å². The Hall–Kier alpha value is -3.23. The maximum atomic E-state index is 12.5. The first-order valence-corrected chi connectivity index (χ1v) is 12.1. The Morgan fingerprint density at radius 1 is 0.971 bits per heavy atom. The summed E-state index contributed by atoms with van der Waals surface area (Å²) in [6.45, 7) is 0. The van der Waals surface area contributed by atoms with Crippen LogP contribution < -0.4 is 30.3 Å². The lowest BCUT2D eigenvalue weighted by Gasteiger charge is -2.30. The molecule has 1 saturated carbocycles. The van der Waals surface area contributed by atoms with Crippen LogP contribution in [0.15, 0.2) is 18.2 Å². The number of fused-ring (bicyclic) bond motifs is 1. The summed E-state index contributed by atoms with van der Waals surface area (Å²) >= 11 is 0. The first-order valence-electron chi connectivity index (χ1n) is 12.1. The number of benzene rings is 1. The SMILES string of the molecule is COc1ccc(NC(=O)NC2CCC(Nc3nc4c(c(N(C)C)n3)CCCC4)CC2)cc1OC. The molecule has 1 aromatic carbocycles. The minimum absolute atomic E-state index is 0.139. The van der Waals surface area contributed by atoms with Gasteiger partial charge in [-0.1, -0.05) is 0 Å². The molecule has 2 aliphatic rings. The predicted molar refractivity (Wildman–Crippen MR) is 134 cm³/mol.